The summed E-state index contributed by atoms with van der Waals surface area (Å²) in [6.07, 6.45) is 0.614. The fourth-order valence-corrected chi connectivity index (χ4v) is 2.11. The molecule has 20 heavy (non-hydrogen) atoms. The van der Waals surface area contributed by atoms with Crippen molar-refractivity contribution in [2.75, 3.05) is 13.7 Å². The van der Waals surface area contributed by atoms with E-state index < -0.39 is 11.9 Å². The topological polar surface area (TPSA) is 58.6 Å². The van der Waals surface area contributed by atoms with Crippen LogP contribution in [-0.2, 0) is 11.3 Å². The highest BCUT2D eigenvalue weighted by Gasteiger charge is 2.18. The summed E-state index contributed by atoms with van der Waals surface area (Å²) in [4.78, 5) is 11.1. The quantitative estimate of drug-likeness (QED) is 0.770. The van der Waals surface area contributed by atoms with Gasteiger partial charge in [0.2, 0.25) is 0 Å². The molecule has 5 heteroatoms. The molecule has 0 aliphatic rings. The second-order valence-corrected chi connectivity index (χ2v) is 5.25. The molecule has 2 N–H and O–H groups in total. The van der Waals surface area contributed by atoms with Crippen molar-refractivity contribution in [3.05, 3.63) is 29.6 Å². The number of carboxylic acids is 1. The maximum absolute atomic E-state index is 13.2. The zero-order valence-electron chi connectivity index (χ0n) is 12.1. The predicted octanol–water partition coefficient (Wildman–Crippen LogP) is 2.67. The van der Waals surface area contributed by atoms with Gasteiger partial charge in [0.15, 0.2) is 0 Å². The average molecular weight is 283 g/mol. The van der Waals surface area contributed by atoms with Crippen LogP contribution in [0.3, 0.4) is 0 Å². The molecule has 0 saturated carbocycles. The van der Waals surface area contributed by atoms with Crippen molar-refractivity contribution in [2.45, 2.75) is 26.8 Å². The third kappa shape index (κ3) is 5.17. The highest BCUT2D eigenvalue weighted by Crippen LogP contribution is 2.19. The lowest BCUT2D eigenvalue weighted by atomic mass is 9.97. The Balaban J connectivity index is 2.58. The molecule has 0 fully saturated rings. The van der Waals surface area contributed by atoms with Gasteiger partial charge in [-0.15, -0.1) is 0 Å². The zero-order valence-corrected chi connectivity index (χ0v) is 12.1. The van der Waals surface area contributed by atoms with E-state index in [1.165, 1.54) is 19.2 Å². The lowest BCUT2D eigenvalue weighted by Crippen LogP contribution is -2.29. The van der Waals surface area contributed by atoms with Gasteiger partial charge in [0.05, 0.1) is 13.0 Å². The van der Waals surface area contributed by atoms with Crippen molar-refractivity contribution in [2.24, 2.45) is 11.8 Å². The van der Waals surface area contributed by atoms with Gasteiger partial charge in [-0.2, -0.15) is 0 Å². The first kappa shape index (κ1) is 16.4. The van der Waals surface area contributed by atoms with Gasteiger partial charge in [-0.1, -0.05) is 13.8 Å². The lowest BCUT2D eigenvalue weighted by Gasteiger charge is -2.16. The van der Waals surface area contributed by atoms with E-state index in [1.807, 2.05) is 13.8 Å². The maximum atomic E-state index is 13.2. The van der Waals surface area contributed by atoms with Crippen molar-refractivity contribution in [3.63, 3.8) is 0 Å². The van der Waals surface area contributed by atoms with Crippen LogP contribution in [0.25, 0.3) is 0 Å². The fourth-order valence-electron chi connectivity index (χ4n) is 2.11. The van der Waals surface area contributed by atoms with Crippen LogP contribution >= 0.6 is 0 Å². The monoisotopic (exact) mass is 283 g/mol. The Labute approximate surface area is 119 Å². The first-order valence-corrected chi connectivity index (χ1v) is 6.70. The number of hydrogen-bond acceptors (Lipinski definition) is 3. The molecule has 112 valence electrons. The van der Waals surface area contributed by atoms with Crippen LogP contribution in [0.1, 0.15) is 25.8 Å². The van der Waals surface area contributed by atoms with Crippen LogP contribution in [0, 0.1) is 17.7 Å². The molecule has 1 unspecified atom stereocenters. The molecule has 0 aliphatic heterocycles. The number of carboxylic acid groups (broad SMARTS) is 1. The summed E-state index contributed by atoms with van der Waals surface area (Å²) in [5.41, 5.74) is 0.682. The van der Waals surface area contributed by atoms with E-state index in [2.05, 4.69) is 5.32 Å². The van der Waals surface area contributed by atoms with Crippen LogP contribution in [-0.4, -0.2) is 24.7 Å². The van der Waals surface area contributed by atoms with Gasteiger partial charge in [0, 0.05) is 18.7 Å². The van der Waals surface area contributed by atoms with E-state index in [0.29, 0.717) is 36.7 Å². The summed E-state index contributed by atoms with van der Waals surface area (Å²) in [5, 5.41) is 12.2. The second-order valence-electron chi connectivity index (χ2n) is 5.25. The number of halogens is 1. The zero-order chi connectivity index (χ0) is 15.1. The molecule has 1 atom stereocenters. The van der Waals surface area contributed by atoms with Crippen LogP contribution in [0.4, 0.5) is 4.39 Å². The van der Waals surface area contributed by atoms with Gasteiger partial charge in [-0.05, 0) is 30.5 Å². The summed E-state index contributed by atoms with van der Waals surface area (Å²) in [7, 11) is 1.52. The van der Waals surface area contributed by atoms with Crippen LogP contribution in [0.5, 0.6) is 5.75 Å². The number of methoxy groups -OCH3 is 1. The number of hydrogen-bond donors (Lipinski definition) is 2. The first-order chi connectivity index (χ1) is 9.43. The van der Waals surface area contributed by atoms with Crippen molar-refractivity contribution in [1.29, 1.82) is 0 Å². The number of rotatable bonds is 8. The number of carbonyl (C=O) groups is 1. The van der Waals surface area contributed by atoms with E-state index in [0.717, 1.165) is 0 Å². The number of nitrogens with one attached hydrogen (secondary N) is 1. The molecule has 4 nitrogen and oxygen atoms in total. The first-order valence-electron chi connectivity index (χ1n) is 6.70. The van der Waals surface area contributed by atoms with Crippen molar-refractivity contribution < 1.29 is 19.0 Å². The van der Waals surface area contributed by atoms with E-state index in [4.69, 9.17) is 9.84 Å². The molecular weight excluding hydrogens is 261 g/mol. The minimum Gasteiger partial charge on any atom is -0.496 e. The molecule has 0 aromatic heterocycles. The Morgan fingerprint density at radius 1 is 1.45 bits per heavy atom. The average Bonchev–Trinajstić information content (AvgIpc) is 2.37. The van der Waals surface area contributed by atoms with Crippen LogP contribution < -0.4 is 10.1 Å². The minimum absolute atomic E-state index is 0.321. The molecule has 0 heterocycles. The Hall–Kier alpha value is -1.62. The Kier molecular flexibility index (Phi) is 6.45. The highest BCUT2D eigenvalue weighted by molar-refractivity contribution is 5.70. The van der Waals surface area contributed by atoms with Crippen LogP contribution in [0.2, 0.25) is 0 Å². The molecule has 0 saturated heterocycles. The van der Waals surface area contributed by atoms with Gasteiger partial charge in [-0.25, -0.2) is 4.39 Å². The molecule has 1 rings (SSSR count). The largest absolute Gasteiger partial charge is 0.496 e. The standard InChI is InChI=1S/C15H22FNO3/c1-10(2)6-12(15(18)19)9-17-8-11-7-13(16)4-5-14(11)20-3/h4-5,7,10,12,17H,6,8-9H2,1-3H3,(H,18,19). The Morgan fingerprint density at radius 2 is 2.15 bits per heavy atom. The molecule has 1 aromatic carbocycles. The molecule has 0 spiro atoms. The maximum Gasteiger partial charge on any atom is 0.307 e. The smallest absolute Gasteiger partial charge is 0.307 e. The Morgan fingerprint density at radius 3 is 2.70 bits per heavy atom. The fraction of sp³-hybridized carbons (Fsp3) is 0.533. The van der Waals surface area contributed by atoms with Gasteiger partial charge in [-0.3, -0.25) is 4.79 Å². The van der Waals surface area contributed by atoms with E-state index in [9.17, 15) is 9.18 Å². The molecule has 0 aliphatic carbocycles. The summed E-state index contributed by atoms with van der Waals surface area (Å²) in [6.45, 7) is 4.72. The molecule has 1 aromatic rings. The second kappa shape index (κ2) is 7.85. The molecule has 0 radical (unpaired) electrons. The highest BCUT2D eigenvalue weighted by atomic mass is 19.1. The third-order valence-corrected chi connectivity index (χ3v) is 3.05. The van der Waals surface area contributed by atoms with Crippen LogP contribution in [0.15, 0.2) is 18.2 Å². The third-order valence-electron chi connectivity index (χ3n) is 3.05. The predicted molar refractivity (Wildman–Crippen MR) is 75.2 cm³/mol. The van der Waals surface area contributed by atoms with Gasteiger partial charge < -0.3 is 15.2 Å². The summed E-state index contributed by atoms with van der Waals surface area (Å²) in [5.74, 6) is -0.664. The minimum atomic E-state index is -0.808. The van der Waals surface area contributed by atoms with Crippen molar-refractivity contribution in [1.82, 2.24) is 5.32 Å². The number of aliphatic carboxylic acids is 1. The Bertz CT molecular complexity index is 449. The normalized spacial score (nSPS) is 12.4. The SMILES string of the molecule is COc1ccc(F)cc1CNCC(CC(C)C)C(=O)O. The number of benzene rings is 1. The molecular formula is C15H22FNO3. The van der Waals surface area contributed by atoms with E-state index in [1.54, 1.807) is 6.07 Å². The summed E-state index contributed by atoms with van der Waals surface area (Å²) in [6, 6.07) is 4.29. The molecule has 0 bridgehead atoms. The van der Waals surface area contributed by atoms with Gasteiger partial charge >= 0.3 is 5.97 Å². The molecule has 0 amide bonds. The lowest BCUT2D eigenvalue weighted by molar-refractivity contribution is -0.142. The van der Waals surface area contributed by atoms with E-state index in [-0.39, 0.29) is 5.82 Å². The van der Waals surface area contributed by atoms with E-state index >= 15 is 0 Å². The van der Waals surface area contributed by atoms with Crippen molar-refractivity contribution in [3.8, 4) is 5.75 Å². The summed E-state index contributed by atoms with van der Waals surface area (Å²) < 4.78 is 18.3. The van der Waals surface area contributed by atoms with Gasteiger partial charge in [0.25, 0.3) is 0 Å². The summed E-state index contributed by atoms with van der Waals surface area (Å²) >= 11 is 0. The van der Waals surface area contributed by atoms with Crippen molar-refractivity contribution >= 4 is 5.97 Å². The number of ether oxygens (including phenoxy) is 1. The van der Waals surface area contributed by atoms with Gasteiger partial charge in [0.1, 0.15) is 11.6 Å².